The van der Waals surface area contributed by atoms with Crippen LogP contribution in [0.4, 0.5) is 19.0 Å². The highest BCUT2D eigenvalue weighted by atomic mass is 32.1. The lowest BCUT2D eigenvalue weighted by molar-refractivity contribution is -0.0117. The molecule has 4 heterocycles. The molecule has 3 aliphatic rings. The van der Waals surface area contributed by atoms with Gasteiger partial charge in [-0.05, 0) is 45.2 Å². The highest BCUT2D eigenvalue weighted by Crippen LogP contribution is 2.34. The molecule has 0 unspecified atom stereocenters. The van der Waals surface area contributed by atoms with Crippen LogP contribution in [0.25, 0.3) is 0 Å². The van der Waals surface area contributed by atoms with Gasteiger partial charge in [0.05, 0.1) is 6.54 Å². The molecular weight excluding hydrogens is 344 g/mol. The van der Waals surface area contributed by atoms with Gasteiger partial charge in [0, 0.05) is 32.1 Å². The van der Waals surface area contributed by atoms with Gasteiger partial charge in [-0.1, -0.05) is 17.8 Å². The number of nitrogens with zero attached hydrogens (tertiary/aromatic N) is 5. The van der Waals surface area contributed by atoms with E-state index in [1.165, 1.54) is 43.7 Å². The third-order valence-corrected chi connectivity index (χ3v) is 6.75. The molecular formula is C17H27F2N5S. The average Bonchev–Trinajstić information content (AvgIpc) is 3.12. The summed E-state index contributed by atoms with van der Waals surface area (Å²) in [6, 6.07) is 0.699. The molecule has 0 spiro atoms. The zero-order chi connectivity index (χ0) is 17.3. The fourth-order valence-corrected chi connectivity index (χ4v) is 5.22. The quantitative estimate of drug-likeness (QED) is 0.815. The number of halogens is 2. The number of hydrogen-bond donors (Lipinski definition) is 0. The number of anilines is 2. The molecule has 1 aromatic rings. The first-order valence-electron chi connectivity index (χ1n) is 9.56. The molecule has 0 aromatic carbocycles. The van der Waals surface area contributed by atoms with Crippen LogP contribution >= 0.6 is 11.3 Å². The van der Waals surface area contributed by atoms with Crippen molar-refractivity contribution in [3.8, 4) is 0 Å². The standard InChI is InChI=1S/C17H27F2N5S/c18-17(19)7-4-10-24(13-17)16-21-20-15(25-16)23-11-5-14(6-12-23)22-8-2-1-3-9-22/h14H,1-13H2. The summed E-state index contributed by atoms with van der Waals surface area (Å²) in [5.74, 6) is -2.60. The van der Waals surface area contributed by atoms with Crippen molar-refractivity contribution >= 4 is 21.6 Å². The lowest BCUT2D eigenvalue weighted by Gasteiger charge is -2.40. The molecule has 0 atom stereocenters. The number of likely N-dealkylation sites (tertiary alicyclic amines) is 1. The molecule has 1 aromatic heterocycles. The molecule has 140 valence electrons. The van der Waals surface area contributed by atoms with Crippen LogP contribution in [-0.4, -0.2) is 66.3 Å². The number of piperidine rings is 3. The molecule has 8 heteroatoms. The Kier molecular flexibility index (Phi) is 5.08. The van der Waals surface area contributed by atoms with E-state index in [-0.39, 0.29) is 13.0 Å². The Morgan fingerprint density at radius 2 is 1.52 bits per heavy atom. The van der Waals surface area contributed by atoms with Crippen molar-refractivity contribution in [3.63, 3.8) is 0 Å². The second kappa shape index (κ2) is 7.31. The number of hydrogen-bond acceptors (Lipinski definition) is 6. The van der Waals surface area contributed by atoms with Gasteiger partial charge in [0.25, 0.3) is 5.92 Å². The van der Waals surface area contributed by atoms with E-state index < -0.39 is 5.92 Å². The Morgan fingerprint density at radius 1 is 0.840 bits per heavy atom. The van der Waals surface area contributed by atoms with Crippen molar-refractivity contribution in [1.29, 1.82) is 0 Å². The van der Waals surface area contributed by atoms with Gasteiger partial charge in [0.1, 0.15) is 0 Å². The topological polar surface area (TPSA) is 35.5 Å². The van der Waals surface area contributed by atoms with Crippen molar-refractivity contribution in [2.24, 2.45) is 0 Å². The van der Waals surface area contributed by atoms with Crippen LogP contribution in [0.3, 0.4) is 0 Å². The van der Waals surface area contributed by atoms with E-state index in [2.05, 4.69) is 20.0 Å². The molecule has 25 heavy (non-hydrogen) atoms. The van der Waals surface area contributed by atoms with Crippen LogP contribution in [0.1, 0.15) is 44.9 Å². The zero-order valence-corrected chi connectivity index (χ0v) is 15.5. The minimum Gasteiger partial charge on any atom is -0.346 e. The van der Waals surface area contributed by atoms with Gasteiger partial charge < -0.3 is 14.7 Å². The van der Waals surface area contributed by atoms with Crippen molar-refractivity contribution in [3.05, 3.63) is 0 Å². The summed E-state index contributed by atoms with van der Waals surface area (Å²) in [7, 11) is 0. The molecule has 0 amide bonds. The predicted molar refractivity (Wildman–Crippen MR) is 97.0 cm³/mol. The molecule has 0 saturated carbocycles. The summed E-state index contributed by atoms with van der Waals surface area (Å²) < 4.78 is 27.2. The first-order valence-corrected chi connectivity index (χ1v) is 10.4. The molecule has 0 bridgehead atoms. The van der Waals surface area contributed by atoms with Crippen LogP contribution in [0.5, 0.6) is 0 Å². The third-order valence-electron chi connectivity index (χ3n) is 5.71. The smallest absolute Gasteiger partial charge is 0.265 e. The maximum atomic E-state index is 13.6. The highest BCUT2D eigenvalue weighted by Gasteiger charge is 2.36. The molecule has 5 nitrogen and oxygen atoms in total. The van der Waals surface area contributed by atoms with Crippen LogP contribution in [0.15, 0.2) is 0 Å². The molecule has 4 rings (SSSR count). The summed E-state index contributed by atoms with van der Waals surface area (Å²) >= 11 is 1.47. The van der Waals surface area contributed by atoms with E-state index in [4.69, 9.17) is 0 Å². The van der Waals surface area contributed by atoms with Crippen LogP contribution in [0, 0.1) is 0 Å². The van der Waals surface area contributed by atoms with Crippen molar-refractivity contribution in [1.82, 2.24) is 15.1 Å². The van der Waals surface area contributed by atoms with Gasteiger partial charge in [-0.25, -0.2) is 8.78 Å². The van der Waals surface area contributed by atoms with E-state index in [1.807, 2.05) is 0 Å². The Hall–Kier alpha value is -1.02. The summed E-state index contributed by atoms with van der Waals surface area (Å²) in [6.45, 7) is 4.91. The third kappa shape index (κ3) is 4.05. The minimum absolute atomic E-state index is 0.0147. The largest absolute Gasteiger partial charge is 0.346 e. The molecule has 0 aliphatic carbocycles. The predicted octanol–water partition coefficient (Wildman–Crippen LogP) is 3.23. The van der Waals surface area contributed by atoms with Crippen LogP contribution in [0.2, 0.25) is 0 Å². The molecule has 3 aliphatic heterocycles. The van der Waals surface area contributed by atoms with Crippen molar-refractivity contribution < 1.29 is 8.78 Å². The Bertz CT molecular complexity index is 567. The van der Waals surface area contributed by atoms with Gasteiger partial charge in [-0.3, -0.25) is 0 Å². The fraction of sp³-hybridized carbons (Fsp3) is 0.882. The van der Waals surface area contributed by atoms with Crippen LogP contribution < -0.4 is 9.80 Å². The zero-order valence-electron chi connectivity index (χ0n) is 14.7. The first kappa shape index (κ1) is 17.4. The molecule has 3 fully saturated rings. The Balaban J connectivity index is 1.33. The Morgan fingerprint density at radius 3 is 2.20 bits per heavy atom. The van der Waals surface area contributed by atoms with Gasteiger partial charge in [-0.2, -0.15) is 0 Å². The summed E-state index contributed by atoms with van der Waals surface area (Å²) in [5.41, 5.74) is 0. The van der Waals surface area contributed by atoms with E-state index in [0.29, 0.717) is 24.1 Å². The molecule has 0 N–H and O–H groups in total. The number of alkyl halides is 2. The Labute approximate surface area is 152 Å². The van der Waals surface area contributed by atoms with Gasteiger partial charge in [0.15, 0.2) is 0 Å². The van der Waals surface area contributed by atoms with Crippen LogP contribution in [-0.2, 0) is 0 Å². The minimum atomic E-state index is -2.60. The van der Waals surface area contributed by atoms with Gasteiger partial charge in [0.2, 0.25) is 10.3 Å². The highest BCUT2D eigenvalue weighted by molar-refractivity contribution is 7.19. The number of rotatable bonds is 3. The summed E-state index contributed by atoms with van der Waals surface area (Å²) in [4.78, 5) is 6.64. The van der Waals surface area contributed by atoms with E-state index in [9.17, 15) is 8.78 Å². The second-order valence-corrected chi connectivity index (χ2v) is 8.50. The number of aromatic nitrogens is 2. The average molecular weight is 372 g/mol. The fourth-order valence-electron chi connectivity index (χ4n) is 4.30. The van der Waals surface area contributed by atoms with E-state index in [1.54, 1.807) is 4.90 Å². The maximum Gasteiger partial charge on any atom is 0.265 e. The van der Waals surface area contributed by atoms with Gasteiger partial charge >= 0.3 is 0 Å². The molecule has 3 saturated heterocycles. The van der Waals surface area contributed by atoms with Crippen molar-refractivity contribution in [2.75, 3.05) is 49.1 Å². The van der Waals surface area contributed by atoms with Gasteiger partial charge in [-0.15, -0.1) is 10.2 Å². The van der Waals surface area contributed by atoms with E-state index in [0.717, 1.165) is 31.1 Å². The normalized spacial score (nSPS) is 26.2. The van der Waals surface area contributed by atoms with E-state index >= 15 is 0 Å². The maximum absolute atomic E-state index is 13.6. The first-order chi connectivity index (χ1) is 12.1. The SMILES string of the molecule is FC1(F)CCCN(c2nnc(N3CCC(N4CCCCC4)CC3)s2)C1. The lowest BCUT2D eigenvalue weighted by Crippen LogP contribution is -2.46. The molecule has 0 radical (unpaired) electrons. The summed E-state index contributed by atoms with van der Waals surface area (Å²) in [5, 5.41) is 10.0. The second-order valence-electron chi connectivity index (χ2n) is 7.56. The summed E-state index contributed by atoms with van der Waals surface area (Å²) in [6.07, 6.45) is 6.87. The van der Waals surface area contributed by atoms with Crippen molar-refractivity contribution in [2.45, 2.75) is 56.9 Å². The monoisotopic (exact) mass is 371 g/mol. The lowest BCUT2D eigenvalue weighted by atomic mass is 10.0.